The van der Waals surface area contributed by atoms with Crippen LogP contribution in [-0.2, 0) is 0 Å². The van der Waals surface area contributed by atoms with Crippen LogP contribution < -0.4 is 10.6 Å². The second-order valence-electron chi connectivity index (χ2n) is 7.61. The summed E-state index contributed by atoms with van der Waals surface area (Å²) in [5.41, 5.74) is 4.57. The Balaban J connectivity index is 1.30. The molecule has 0 atom stereocenters. The molecule has 10 heteroatoms. The summed E-state index contributed by atoms with van der Waals surface area (Å²) in [5.74, 6) is 0.953. The number of hydrogen-bond acceptors (Lipinski definition) is 7. The molecule has 0 spiro atoms. The predicted molar refractivity (Wildman–Crippen MR) is 129 cm³/mol. The number of hydrogen-bond donors (Lipinski definition) is 4. The number of nitrogens with zero attached hydrogens (tertiary/aromatic N) is 5. The van der Waals surface area contributed by atoms with E-state index in [1.165, 1.54) is 12.4 Å². The first-order valence-electron chi connectivity index (χ1n) is 10.5. The molecule has 2 aromatic carbocycles. The number of H-pyrrole nitrogens is 2. The van der Waals surface area contributed by atoms with Gasteiger partial charge in [0.1, 0.15) is 5.82 Å². The maximum absolute atomic E-state index is 12.8. The van der Waals surface area contributed by atoms with Gasteiger partial charge in [0.25, 0.3) is 5.91 Å². The van der Waals surface area contributed by atoms with Crippen LogP contribution in [0.25, 0.3) is 33.2 Å². The molecule has 4 N–H and O–H groups in total. The summed E-state index contributed by atoms with van der Waals surface area (Å²) in [6.07, 6.45) is 8.18. The Kier molecular flexibility index (Phi) is 4.66. The Morgan fingerprint density at radius 2 is 1.82 bits per heavy atom. The molecule has 4 aromatic heterocycles. The highest BCUT2D eigenvalue weighted by atomic mass is 16.1. The molecule has 0 aliphatic rings. The summed E-state index contributed by atoms with van der Waals surface area (Å²) < 4.78 is 0. The molecule has 4 heterocycles. The van der Waals surface area contributed by atoms with E-state index in [0.717, 1.165) is 33.1 Å². The minimum atomic E-state index is -0.248. The van der Waals surface area contributed by atoms with Crippen molar-refractivity contribution in [2.24, 2.45) is 0 Å². The maximum Gasteiger partial charge on any atom is 0.257 e. The number of aromatic nitrogens is 7. The summed E-state index contributed by atoms with van der Waals surface area (Å²) in [5, 5.41) is 22.4. The van der Waals surface area contributed by atoms with Gasteiger partial charge in [-0.1, -0.05) is 0 Å². The zero-order valence-electron chi connectivity index (χ0n) is 17.6. The number of benzene rings is 2. The van der Waals surface area contributed by atoms with E-state index < -0.39 is 0 Å². The van der Waals surface area contributed by atoms with E-state index in [4.69, 9.17) is 0 Å². The van der Waals surface area contributed by atoms with E-state index in [-0.39, 0.29) is 5.91 Å². The molecule has 0 bridgehead atoms. The zero-order chi connectivity index (χ0) is 22.9. The van der Waals surface area contributed by atoms with Crippen LogP contribution >= 0.6 is 0 Å². The van der Waals surface area contributed by atoms with Crippen LogP contribution in [0.1, 0.15) is 10.4 Å². The SMILES string of the molecule is O=C(Nc1ccnnc1)c1c[nH]c2ccc(-c3nccc(Nc4ccc5[nH]ncc5c4)n3)cc12. The van der Waals surface area contributed by atoms with E-state index in [0.29, 0.717) is 22.9 Å². The Hall–Kier alpha value is -5.12. The molecule has 6 aromatic rings. The molecule has 0 saturated heterocycles. The first-order valence-corrected chi connectivity index (χ1v) is 10.5. The Morgan fingerprint density at radius 3 is 2.74 bits per heavy atom. The molecule has 0 aliphatic heterocycles. The highest BCUT2D eigenvalue weighted by molar-refractivity contribution is 6.13. The lowest BCUT2D eigenvalue weighted by Crippen LogP contribution is -2.11. The fraction of sp³-hybridized carbons (Fsp3) is 0. The number of amides is 1. The van der Waals surface area contributed by atoms with Crippen LogP contribution in [0.3, 0.4) is 0 Å². The van der Waals surface area contributed by atoms with Gasteiger partial charge in [0.15, 0.2) is 5.82 Å². The fourth-order valence-corrected chi connectivity index (χ4v) is 3.75. The van der Waals surface area contributed by atoms with Crippen molar-refractivity contribution in [2.45, 2.75) is 0 Å². The summed E-state index contributed by atoms with van der Waals surface area (Å²) >= 11 is 0. The van der Waals surface area contributed by atoms with Gasteiger partial charge in [-0.15, -0.1) is 0 Å². The van der Waals surface area contributed by atoms with E-state index in [1.807, 2.05) is 36.4 Å². The number of carbonyl (C=O) groups excluding carboxylic acids is 1. The lowest BCUT2D eigenvalue weighted by molar-refractivity contribution is 0.102. The number of nitrogens with one attached hydrogen (secondary N) is 4. The standard InChI is InChI=1S/C24H17N9O/c34-24(31-17-5-8-27-28-12-17)19-13-26-21-3-1-14(10-18(19)21)23-25-7-6-22(32-23)30-16-2-4-20-15(9-16)11-29-33-20/h1-13,26H,(H,29,33)(H,25,30,32)(H,27,31,34). The minimum Gasteiger partial charge on any atom is -0.360 e. The molecule has 10 nitrogen and oxygen atoms in total. The van der Waals surface area contributed by atoms with Crippen LogP contribution in [-0.4, -0.2) is 41.3 Å². The second kappa shape index (κ2) is 8.10. The number of rotatable bonds is 5. The Morgan fingerprint density at radius 1 is 0.882 bits per heavy atom. The number of carbonyl (C=O) groups is 1. The third-order valence-corrected chi connectivity index (χ3v) is 5.39. The van der Waals surface area contributed by atoms with Crippen molar-refractivity contribution >= 4 is 44.9 Å². The van der Waals surface area contributed by atoms with Gasteiger partial charge in [-0.2, -0.15) is 15.3 Å². The van der Waals surface area contributed by atoms with E-state index in [1.54, 1.807) is 30.7 Å². The van der Waals surface area contributed by atoms with Gasteiger partial charge in [-0.3, -0.25) is 9.89 Å². The lowest BCUT2D eigenvalue weighted by atomic mass is 10.1. The predicted octanol–water partition coefficient (Wildman–Crippen LogP) is 4.29. The van der Waals surface area contributed by atoms with Crippen molar-refractivity contribution < 1.29 is 4.79 Å². The molecular formula is C24H17N9O. The van der Waals surface area contributed by atoms with Gasteiger partial charge < -0.3 is 15.6 Å². The van der Waals surface area contributed by atoms with Crippen molar-refractivity contribution in [3.05, 3.63) is 85.1 Å². The molecule has 164 valence electrons. The molecule has 0 aliphatic carbocycles. The van der Waals surface area contributed by atoms with Gasteiger partial charge in [0.05, 0.1) is 35.4 Å². The Labute approximate surface area is 192 Å². The first kappa shape index (κ1) is 19.6. The molecule has 34 heavy (non-hydrogen) atoms. The average molecular weight is 447 g/mol. The molecule has 0 radical (unpaired) electrons. The van der Waals surface area contributed by atoms with Crippen LogP contribution in [0.2, 0.25) is 0 Å². The van der Waals surface area contributed by atoms with Gasteiger partial charge in [0, 0.05) is 39.9 Å². The monoisotopic (exact) mass is 447 g/mol. The highest BCUT2D eigenvalue weighted by Crippen LogP contribution is 2.26. The van der Waals surface area contributed by atoms with Gasteiger partial charge in [0.2, 0.25) is 0 Å². The number of aromatic amines is 2. The Bertz CT molecular complexity index is 1640. The topological polar surface area (TPSA) is 137 Å². The van der Waals surface area contributed by atoms with Gasteiger partial charge >= 0.3 is 0 Å². The summed E-state index contributed by atoms with van der Waals surface area (Å²) in [7, 11) is 0. The van der Waals surface area contributed by atoms with Gasteiger partial charge in [-0.05, 0) is 48.5 Å². The van der Waals surface area contributed by atoms with Crippen LogP contribution in [0, 0.1) is 0 Å². The van der Waals surface area contributed by atoms with E-state index in [9.17, 15) is 4.79 Å². The first-order chi connectivity index (χ1) is 16.7. The molecule has 0 saturated carbocycles. The molecule has 0 unspecified atom stereocenters. The smallest absolute Gasteiger partial charge is 0.257 e. The average Bonchev–Trinajstić information content (AvgIpc) is 3.51. The molecule has 0 fully saturated rings. The van der Waals surface area contributed by atoms with Crippen molar-refractivity contribution in [1.82, 2.24) is 35.3 Å². The van der Waals surface area contributed by atoms with Crippen LogP contribution in [0.5, 0.6) is 0 Å². The third kappa shape index (κ3) is 3.69. The van der Waals surface area contributed by atoms with E-state index in [2.05, 4.69) is 46.0 Å². The maximum atomic E-state index is 12.8. The quantitative estimate of drug-likeness (QED) is 0.309. The third-order valence-electron chi connectivity index (χ3n) is 5.39. The minimum absolute atomic E-state index is 0.248. The molecule has 1 amide bonds. The summed E-state index contributed by atoms with van der Waals surface area (Å²) in [4.78, 5) is 25.1. The highest BCUT2D eigenvalue weighted by Gasteiger charge is 2.14. The summed E-state index contributed by atoms with van der Waals surface area (Å²) in [6.45, 7) is 0. The normalized spacial score (nSPS) is 11.1. The fourth-order valence-electron chi connectivity index (χ4n) is 3.75. The lowest BCUT2D eigenvalue weighted by Gasteiger charge is -2.08. The summed E-state index contributed by atoms with van der Waals surface area (Å²) in [6, 6.07) is 15.1. The van der Waals surface area contributed by atoms with E-state index >= 15 is 0 Å². The number of fused-ring (bicyclic) bond motifs is 2. The molecular weight excluding hydrogens is 430 g/mol. The van der Waals surface area contributed by atoms with Crippen molar-refractivity contribution in [2.75, 3.05) is 10.6 Å². The van der Waals surface area contributed by atoms with Crippen molar-refractivity contribution in [3.8, 4) is 11.4 Å². The number of anilines is 3. The zero-order valence-corrected chi connectivity index (χ0v) is 17.6. The largest absolute Gasteiger partial charge is 0.360 e. The van der Waals surface area contributed by atoms with Crippen molar-refractivity contribution in [1.29, 1.82) is 0 Å². The van der Waals surface area contributed by atoms with Crippen molar-refractivity contribution in [3.63, 3.8) is 0 Å². The second-order valence-corrected chi connectivity index (χ2v) is 7.61. The van der Waals surface area contributed by atoms with Crippen LogP contribution in [0.4, 0.5) is 17.2 Å². The molecule has 6 rings (SSSR count). The van der Waals surface area contributed by atoms with Gasteiger partial charge in [-0.25, -0.2) is 9.97 Å². The van der Waals surface area contributed by atoms with Crippen LogP contribution in [0.15, 0.2) is 79.5 Å².